The number of nitrogens with zero attached hydrogens (tertiary/aromatic N) is 3. The summed E-state index contributed by atoms with van der Waals surface area (Å²) in [6, 6.07) is 8.76. The average Bonchev–Trinajstić information content (AvgIpc) is 2.48. The normalized spacial score (nSPS) is 10.2. The van der Waals surface area contributed by atoms with Gasteiger partial charge < -0.3 is 14.8 Å². The lowest BCUT2D eigenvalue weighted by molar-refractivity contribution is 0.341. The van der Waals surface area contributed by atoms with Crippen LogP contribution >= 0.6 is 0 Å². The maximum atomic E-state index is 5.00. The van der Waals surface area contributed by atoms with Gasteiger partial charge in [0, 0.05) is 6.54 Å². The van der Waals surface area contributed by atoms with E-state index in [9.17, 15) is 0 Å². The van der Waals surface area contributed by atoms with Gasteiger partial charge in [-0.05, 0) is 24.5 Å². The van der Waals surface area contributed by atoms with Crippen molar-refractivity contribution < 1.29 is 9.47 Å². The molecule has 6 nitrogen and oxygen atoms in total. The van der Waals surface area contributed by atoms with Gasteiger partial charge in [0.05, 0.1) is 14.2 Å². The van der Waals surface area contributed by atoms with Gasteiger partial charge in [-0.3, -0.25) is 0 Å². The van der Waals surface area contributed by atoms with E-state index in [1.54, 1.807) is 0 Å². The zero-order chi connectivity index (χ0) is 14.4. The molecule has 0 spiro atoms. The Bertz CT molecular complexity index is 553. The first-order valence-electron chi connectivity index (χ1n) is 6.35. The molecule has 0 amide bonds. The number of hydrogen-bond donors (Lipinski definition) is 1. The van der Waals surface area contributed by atoms with E-state index in [0.29, 0.717) is 5.95 Å². The van der Waals surface area contributed by atoms with E-state index in [1.165, 1.54) is 25.3 Å². The number of methoxy groups -OCH3 is 2. The molecule has 6 heteroatoms. The number of aryl methyl sites for hydroxylation is 1. The maximum absolute atomic E-state index is 5.00. The Labute approximate surface area is 118 Å². The molecule has 1 N–H and O–H groups in total. The summed E-state index contributed by atoms with van der Waals surface area (Å²) in [4.78, 5) is 12.2. The lowest BCUT2D eigenvalue weighted by atomic mass is 10.1. The van der Waals surface area contributed by atoms with Crippen LogP contribution in [0.25, 0.3) is 0 Å². The van der Waals surface area contributed by atoms with Gasteiger partial charge in [0.2, 0.25) is 5.95 Å². The highest BCUT2D eigenvalue weighted by Gasteiger charge is 2.06. The second-order valence-electron chi connectivity index (χ2n) is 4.24. The lowest BCUT2D eigenvalue weighted by Crippen LogP contribution is -2.10. The molecule has 0 aliphatic rings. The smallest absolute Gasteiger partial charge is 0.324 e. The van der Waals surface area contributed by atoms with Gasteiger partial charge in [-0.1, -0.05) is 24.3 Å². The largest absolute Gasteiger partial charge is 0.467 e. The van der Waals surface area contributed by atoms with Crippen molar-refractivity contribution in [3.05, 3.63) is 35.4 Å². The van der Waals surface area contributed by atoms with Gasteiger partial charge >= 0.3 is 12.0 Å². The van der Waals surface area contributed by atoms with Crippen molar-refractivity contribution in [1.29, 1.82) is 0 Å². The molecule has 2 aromatic rings. The maximum Gasteiger partial charge on any atom is 0.324 e. The van der Waals surface area contributed by atoms with Crippen molar-refractivity contribution in [2.24, 2.45) is 0 Å². The highest BCUT2D eigenvalue weighted by atomic mass is 16.5. The molecule has 0 unspecified atom stereocenters. The number of hydrogen-bond acceptors (Lipinski definition) is 6. The number of rotatable bonds is 6. The predicted octanol–water partition coefficient (Wildman–Crippen LogP) is 1.85. The van der Waals surface area contributed by atoms with Crippen LogP contribution < -0.4 is 14.8 Å². The predicted molar refractivity (Wildman–Crippen MR) is 76.3 cm³/mol. The third-order valence-electron chi connectivity index (χ3n) is 2.90. The molecule has 0 aliphatic carbocycles. The summed E-state index contributed by atoms with van der Waals surface area (Å²) < 4.78 is 10.00. The second kappa shape index (κ2) is 6.70. The zero-order valence-corrected chi connectivity index (χ0v) is 11.9. The quantitative estimate of drug-likeness (QED) is 0.867. The molecule has 20 heavy (non-hydrogen) atoms. The summed E-state index contributed by atoms with van der Waals surface area (Å²) in [7, 11) is 3.01. The standard InChI is InChI=1S/C14H18N4O2/c1-10-6-4-5-7-11(10)8-9-15-12-16-13(19-2)18-14(17-12)20-3/h4-7H,8-9H2,1-3H3,(H,15,16,17,18). The summed E-state index contributed by atoms with van der Waals surface area (Å²) in [6.45, 7) is 2.82. The zero-order valence-electron chi connectivity index (χ0n) is 11.9. The molecule has 0 fully saturated rings. The molecule has 0 aliphatic heterocycles. The van der Waals surface area contributed by atoms with Gasteiger partial charge in [0.15, 0.2) is 0 Å². The molecule has 0 saturated carbocycles. The summed E-state index contributed by atoms with van der Waals surface area (Å²) in [5.74, 6) is 0.447. The number of anilines is 1. The van der Waals surface area contributed by atoms with Crippen LogP contribution in [0, 0.1) is 6.92 Å². The molecule has 1 heterocycles. The van der Waals surface area contributed by atoms with Crippen molar-refractivity contribution >= 4 is 5.95 Å². The van der Waals surface area contributed by atoms with E-state index >= 15 is 0 Å². The fraction of sp³-hybridized carbons (Fsp3) is 0.357. The number of ether oxygens (including phenoxy) is 2. The van der Waals surface area contributed by atoms with Crippen LogP contribution in [0.3, 0.4) is 0 Å². The highest BCUT2D eigenvalue weighted by molar-refractivity contribution is 5.30. The second-order valence-corrected chi connectivity index (χ2v) is 4.24. The van der Waals surface area contributed by atoms with E-state index < -0.39 is 0 Å². The lowest BCUT2D eigenvalue weighted by Gasteiger charge is -2.08. The molecular weight excluding hydrogens is 256 g/mol. The van der Waals surface area contributed by atoms with Crippen molar-refractivity contribution in [1.82, 2.24) is 15.0 Å². The average molecular weight is 274 g/mol. The third kappa shape index (κ3) is 3.57. The first-order chi connectivity index (χ1) is 9.72. The minimum absolute atomic E-state index is 0.232. The molecule has 0 saturated heterocycles. The van der Waals surface area contributed by atoms with Crippen LogP contribution in [-0.2, 0) is 6.42 Å². The van der Waals surface area contributed by atoms with Crippen LogP contribution in [0.1, 0.15) is 11.1 Å². The van der Waals surface area contributed by atoms with Crippen molar-refractivity contribution in [3.63, 3.8) is 0 Å². The molecule has 2 rings (SSSR count). The fourth-order valence-corrected chi connectivity index (χ4v) is 1.80. The first kappa shape index (κ1) is 14.0. The van der Waals surface area contributed by atoms with Crippen LogP contribution in [-0.4, -0.2) is 35.7 Å². The van der Waals surface area contributed by atoms with Gasteiger partial charge in [-0.2, -0.15) is 9.97 Å². The van der Waals surface area contributed by atoms with Crippen LogP contribution in [0.4, 0.5) is 5.95 Å². The van der Waals surface area contributed by atoms with Crippen molar-refractivity contribution in [2.45, 2.75) is 13.3 Å². The minimum Gasteiger partial charge on any atom is -0.467 e. The summed E-state index contributed by atoms with van der Waals surface area (Å²) in [5, 5.41) is 3.15. The molecular formula is C14H18N4O2. The fourth-order valence-electron chi connectivity index (χ4n) is 1.80. The van der Waals surface area contributed by atoms with Gasteiger partial charge in [0.25, 0.3) is 0 Å². The molecule has 0 radical (unpaired) electrons. The van der Waals surface area contributed by atoms with Crippen LogP contribution in [0.2, 0.25) is 0 Å². The Morgan fingerprint density at radius 3 is 2.25 bits per heavy atom. The number of nitrogens with one attached hydrogen (secondary N) is 1. The van der Waals surface area contributed by atoms with Crippen LogP contribution in [0.5, 0.6) is 12.0 Å². The van der Waals surface area contributed by atoms with Gasteiger partial charge in [-0.15, -0.1) is 4.98 Å². The van der Waals surface area contributed by atoms with Gasteiger partial charge in [0.1, 0.15) is 0 Å². The number of aromatic nitrogens is 3. The molecule has 0 bridgehead atoms. The Kier molecular flexibility index (Phi) is 4.70. The monoisotopic (exact) mass is 274 g/mol. The van der Waals surface area contributed by atoms with Crippen molar-refractivity contribution in [2.75, 3.05) is 26.1 Å². The highest BCUT2D eigenvalue weighted by Crippen LogP contribution is 2.12. The Morgan fingerprint density at radius 2 is 1.65 bits per heavy atom. The Balaban J connectivity index is 1.99. The SMILES string of the molecule is COc1nc(NCCc2ccccc2C)nc(OC)n1. The van der Waals surface area contributed by atoms with E-state index in [1.807, 2.05) is 12.1 Å². The topological polar surface area (TPSA) is 69.2 Å². The molecule has 0 atom stereocenters. The van der Waals surface area contributed by atoms with E-state index in [2.05, 4.69) is 39.3 Å². The summed E-state index contributed by atoms with van der Waals surface area (Å²) >= 11 is 0. The van der Waals surface area contributed by atoms with E-state index in [0.717, 1.165) is 13.0 Å². The van der Waals surface area contributed by atoms with E-state index in [4.69, 9.17) is 9.47 Å². The molecule has 1 aromatic heterocycles. The van der Waals surface area contributed by atoms with E-state index in [-0.39, 0.29) is 12.0 Å². The summed E-state index contributed by atoms with van der Waals surface area (Å²) in [5.41, 5.74) is 2.58. The van der Waals surface area contributed by atoms with Gasteiger partial charge in [-0.25, -0.2) is 0 Å². The Hall–Kier alpha value is -2.37. The van der Waals surface area contributed by atoms with Crippen LogP contribution in [0.15, 0.2) is 24.3 Å². The third-order valence-corrected chi connectivity index (χ3v) is 2.90. The minimum atomic E-state index is 0.232. The number of benzene rings is 1. The Morgan fingerprint density at radius 1 is 1.00 bits per heavy atom. The first-order valence-corrected chi connectivity index (χ1v) is 6.35. The summed E-state index contributed by atoms with van der Waals surface area (Å²) in [6.07, 6.45) is 0.892. The molecule has 106 valence electrons. The van der Waals surface area contributed by atoms with Crippen molar-refractivity contribution in [3.8, 4) is 12.0 Å². The molecule has 1 aromatic carbocycles.